The summed E-state index contributed by atoms with van der Waals surface area (Å²) in [4.78, 5) is 11.8. The molecule has 0 fully saturated rings. The van der Waals surface area contributed by atoms with Crippen LogP contribution in [0.25, 0.3) is 16.6 Å². The summed E-state index contributed by atoms with van der Waals surface area (Å²) >= 11 is 0. The predicted molar refractivity (Wildman–Crippen MR) is 102 cm³/mol. The summed E-state index contributed by atoms with van der Waals surface area (Å²) in [7, 11) is -3.41. The number of hydrogen-bond donors (Lipinski definition) is 1. The van der Waals surface area contributed by atoms with Crippen molar-refractivity contribution >= 4 is 32.6 Å². The third kappa shape index (κ3) is 3.93. The number of anilines is 1. The van der Waals surface area contributed by atoms with Crippen molar-refractivity contribution < 1.29 is 17.9 Å². The lowest BCUT2D eigenvalue weighted by Crippen LogP contribution is -2.09. The zero-order valence-electron chi connectivity index (χ0n) is 14.8. The van der Waals surface area contributed by atoms with E-state index in [1.165, 1.54) is 0 Å². The van der Waals surface area contributed by atoms with E-state index in [0.29, 0.717) is 28.8 Å². The minimum atomic E-state index is -3.41. The average Bonchev–Trinajstić information content (AvgIpc) is 2.98. The number of nitrogens with zero attached hydrogens (tertiary/aromatic N) is 2. The first-order valence-electron chi connectivity index (χ1n) is 8.13. The van der Waals surface area contributed by atoms with Gasteiger partial charge in [0.1, 0.15) is 6.07 Å². The number of carbonyl (C=O) groups excluding carboxylic acids is 1. The molecule has 0 saturated heterocycles. The molecule has 27 heavy (non-hydrogen) atoms. The summed E-state index contributed by atoms with van der Waals surface area (Å²) in [5, 5.41) is 10.1. The van der Waals surface area contributed by atoms with E-state index < -0.39 is 16.0 Å². The highest BCUT2D eigenvalue weighted by molar-refractivity contribution is 7.92. The number of benzene rings is 2. The minimum absolute atomic E-state index is 0.304. The lowest BCUT2D eigenvalue weighted by Gasteiger charge is -2.08. The molecule has 0 aliphatic heterocycles. The Balaban J connectivity index is 2.05. The van der Waals surface area contributed by atoms with Crippen LogP contribution in [0.1, 0.15) is 22.8 Å². The molecule has 0 amide bonds. The van der Waals surface area contributed by atoms with Gasteiger partial charge in [-0.25, -0.2) is 13.2 Å². The van der Waals surface area contributed by atoms with Crippen LogP contribution in [0.3, 0.4) is 0 Å². The SMILES string of the molecule is CCOC(=O)c1ccc(-n2cc(C#N)c3cc(NS(C)(=O)=O)ccc32)cc1. The molecule has 1 N–H and O–H groups in total. The van der Waals surface area contributed by atoms with Crippen LogP contribution >= 0.6 is 0 Å². The van der Waals surface area contributed by atoms with Crippen LogP contribution < -0.4 is 4.72 Å². The molecule has 8 heteroatoms. The van der Waals surface area contributed by atoms with Crippen molar-refractivity contribution in [3.63, 3.8) is 0 Å². The Morgan fingerprint density at radius 2 is 1.93 bits per heavy atom. The van der Waals surface area contributed by atoms with E-state index in [1.807, 2.05) is 4.57 Å². The number of rotatable bonds is 5. The van der Waals surface area contributed by atoms with E-state index in [-0.39, 0.29) is 0 Å². The van der Waals surface area contributed by atoms with Crippen LogP contribution in [-0.2, 0) is 14.8 Å². The Kier molecular flexibility index (Phi) is 4.88. The van der Waals surface area contributed by atoms with Crippen molar-refractivity contribution in [2.24, 2.45) is 0 Å². The summed E-state index contributed by atoms with van der Waals surface area (Å²) < 4.78 is 32.1. The smallest absolute Gasteiger partial charge is 0.338 e. The van der Waals surface area contributed by atoms with Crippen molar-refractivity contribution in [1.82, 2.24) is 4.57 Å². The second kappa shape index (κ2) is 7.13. The number of hydrogen-bond acceptors (Lipinski definition) is 5. The lowest BCUT2D eigenvalue weighted by molar-refractivity contribution is 0.0526. The molecule has 0 bridgehead atoms. The van der Waals surface area contributed by atoms with E-state index >= 15 is 0 Å². The number of sulfonamides is 1. The standard InChI is InChI=1S/C19H17N3O4S/c1-3-26-19(23)13-4-7-16(8-5-13)22-12-14(11-20)17-10-15(6-9-18(17)22)21-27(2,24)25/h4-10,12,21H,3H2,1-2H3. The Morgan fingerprint density at radius 3 is 2.52 bits per heavy atom. The van der Waals surface area contributed by atoms with Gasteiger partial charge >= 0.3 is 5.97 Å². The first kappa shape index (κ1) is 18.5. The molecule has 2 aromatic carbocycles. The average molecular weight is 383 g/mol. The molecule has 0 spiro atoms. The molecule has 0 atom stereocenters. The summed E-state index contributed by atoms with van der Waals surface area (Å²) in [6.45, 7) is 2.05. The normalized spacial score (nSPS) is 11.1. The van der Waals surface area contributed by atoms with E-state index in [4.69, 9.17) is 4.74 Å². The largest absolute Gasteiger partial charge is 0.462 e. The molecular weight excluding hydrogens is 366 g/mol. The molecule has 1 heterocycles. The van der Waals surface area contributed by atoms with Crippen molar-refractivity contribution in [2.75, 3.05) is 17.6 Å². The van der Waals surface area contributed by atoms with E-state index in [0.717, 1.165) is 17.5 Å². The van der Waals surface area contributed by atoms with E-state index in [9.17, 15) is 18.5 Å². The van der Waals surface area contributed by atoms with Gasteiger partial charge in [0.2, 0.25) is 10.0 Å². The molecule has 3 rings (SSSR count). The van der Waals surface area contributed by atoms with Crippen LogP contribution in [0.5, 0.6) is 0 Å². The molecule has 7 nitrogen and oxygen atoms in total. The maximum Gasteiger partial charge on any atom is 0.338 e. The topological polar surface area (TPSA) is 101 Å². The summed E-state index contributed by atoms with van der Waals surface area (Å²) in [5.41, 5.74) is 2.75. The second-order valence-corrected chi connectivity index (χ2v) is 7.65. The summed E-state index contributed by atoms with van der Waals surface area (Å²) in [5.74, 6) is -0.393. The van der Waals surface area contributed by atoms with Gasteiger partial charge in [0, 0.05) is 23.0 Å². The number of nitrogens with one attached hydrogen (secondary N) is 1. The zero-order valence-corrected chi connectivity index (χ0v) is 15.6. The van der Waals surface area contributed by atoms with Crippen LogP contribution in [0.4, 0.5) is 5.69 Å². The first-order chi connectivity index (χ1) is 12.8. The number of aromatic nitrogens is 1. The van der Waals surface area contributed by atoms with Crippen molar-refractivity contribution in [3.05, 3.63) is 59.8 Å². The van der Waals surface area contributed by atoms with Gasteiger partial charge in [-0.3, -0.25) is 4.72 Å². The van der Waals surface area contributed by atoms with Gasteiger partial charge in [-0.1, -0.05) is 0 Å². The highest BCUT2D eigenvalue weighted by Crippen LogP contribution is 2.28. The highest BCUT2D eigenvalue weighted by Gasteiger charge is 2.13. The van der Waals surface area contributed by atoms with Crippen LogP contribution in [0.2, 0.25) is 0 Å². The maximum absolute atomic E-state index is 11.8. The third-order valence-electron chi connectivity index (χ3n) is 3.88. The third-order valence-corrected chi connectivity index (χ3v) is 4.49. The Labute approximate surface area is 156 Å². The fourth-order valence-corrected chi connectivity index (χ4v) is 3.34. The molecule has 0 aliphatic rings. The van der Waals surface area contributed by atoms with Crippen LogP contribution in [0, 0.1) is 11.3 Å². The second-order valence-electron chi connectivity index (χ2n) is 5.90. The molecule has 0 aliphatic carbocycles. The van der Waals surface area contributed by atoms with Crippen molar-refractivity contribution in [2.45, 2.75) is 6.92 Å². The molecular formula is C19H17N3O4S. The first-order valence-corrected chi connectivity index (χ1v) is 10.0. The number of ether oxygens (including phenoxy) is 1. The van der Waals surface area contributed by atoms with Gasteiger partial charge in [-0.2, -0.15) is 5.26 Å². The number of nitriles is 1. The van der Waals surface area contributed by atoms with Crippen LogP contribution in [0.15, 0.2) is 48.7 Å². The minimum Gasteiger partial charge on any atom is -0.462 e. The molecule has 0 radical (unpaired) electrons. The predicted octanol–water partition coefficient (Wildman–Crippen LogP) is 3.05. The van der Waals surface area contributed by atoms with Gasteiger partial charge < -0.3 is 9.30 Å². The van der Waals surface area contributed by atoms with Gasteiger partial charge in [0.25, 0.3) is 0 Å². The Hall–Kier alpha value is -3.31. The molecule has 1 aromatic heterocycles. The Morgan fingerprint density at radius 1 is 1.22 bits per heavy atom. The van der Waals surface area contributed by atoms with Crippen molar-refractivity contribution in [1.29, 1.82) is 5.26 Å². The molecule has 0 saturated carbocycles. The molecule has 3 aromatic rings. The van der Waals surface area contributed by atoms with Gasteiger partial charge in [0.05, 0.1) is 29.5 Å². The summed E-state index contributed by atoms with van der Waals surface area (Å²) in [6, 6.07) is 14.0. The molecule has 138 valence electrons. The molecule has 0 unspecified atom stereocenters. The van der Waals surface area contributed by atoms with Gasteiger partial charge in [-0.05, 0) is 49.4 Å². The number of fused-ring (bicyclic) bond motifs is 1. The van der Waals surface area contributed by atoms with Crippen molar-refractivity contribution in [3.8, 4) is 11.8 Å². The maximum atomic E-state index is 11.8. The zero-order chi connectivity index (χ0) is 19.6. The van der Waals surface area contributed by atoms with Gasteiger partial charge in [0.15, 0.2) is 0 Å². The number of esters is 1. The fourth-order valence-electron chi connectivity index (χ4n) is 2.78. The highest BCUT2D eigenvalue weighted by atomic mass is 32.2. The summed E-state index contributed by atoms with van der Waals surface area (Å²) in [6.07, 6.45) is 2.74. The fraction of sp³-hybridized carbons (Fsp3) is 0.158. The quantitative estimate of drug-likeness (QED) is 0.683. The van der Waals surface area contributed by atoms with E-state index in [2.05, 4.69) is 10.8 Å². The lowest BCUT2D eigenvalue weighted by atomic mass is 10.1. The van der Waals surface area contributed by atoms with Gasteiger partial charge in [-0.15, -0.1) is 0 Å². The monoisotopic (exact) mass is 383 g/mol. The number of carbonyl (C=O) groups is 1. The van der Waals surface area contributed by atoms with Crippen LogP contribution in [-0.4, -0.2) is 31.8 Å². The Bertz CT molecular complexity index is 1160. The van der Waals surface area contributed by atoms with E-state index in [1.54, 1.807) is 55.6 Å².